The van der Waals surface area contributed by atoms with E-state index in [0.717, 1.165) is 18.8 Å². The second-order valence-corrected chi connectivity index (χ2v) is 6.10. The molecule has 0 radical (unpaired) electrons. The summed E-state index contributed by atoms with van der Waals surface area (Å²) in [6, 6.07) is 0. The van der Waals surface area contributed by atoms with Gasteiger partial charge in [0.2, 0.25) is 0 Å². The first-order valence-electron chi connectivity index (χ1n) is 6.97. The minimum absolute atomic E-state index is 0.0285. The molecule has 2 aliphatic heterocycles. The molecule has 1 atom stereocenters. The highest BCUT2D eigenvalue weighted by Gasteiger charge is 2.29. The van der Waals surface area contributed by atoms with Crippen LogP contribution in [0.5, 0.6) is 0 Å². The number of nitrogens with zero attached hydrogens (tertiary/aromatic N) is 2. The molecule has 112 valence electrons. The Hall–Kier alpha value is -1.69. The lowest BCUT2D eigenvalue weighted by Crippen LogP contribution is -2.57. The fourth-order valence-corrected chi connectivity index (χ4v) is 2.30. The molecule has 0 aromatic rings. The van der Waals surface area contributed by atoms with Crippen molar-refractivity contribution in [3.63, 3.8) is 0 Å². The van der Waals surface area contributed by atoms with Crippen molar-refractivity contribution in [1.82, 2.24) is 15.1 Å². The van der Waals surface area contributed by atoms with E-state index < -0.39 is 5.60 Å². The third-order valence-electron chi connectivity index (χ3n) is 3.29. The van der Waals surface area contributed by atoms with Crippen LogP contribution in [0.3, 0.4) is 0 Å². The quantitative estimate of drug-likeness (QED) is 0.744. The third-order valence-corrected chi connectivity index (χ3v) is 3.29. The summed E-state index contributed by atoms with van der Waals surface area (Å²) in [6.07, 6.45) is 5.48. The molecule has 1 amide bonds. The van der Waals surface area contributed by atoms with E-state index in [1.165, 1.54) is 0 Å². The molecular formula is C14H24N4O2. The number of piperazine rings is 1. The van der Waals surface area contributed by atoms with Gasteiger partial charge in [0.1, 0.15) is 11.8 Å². The second-order valence-electron chi connectivity index (χ2n) is 6.10. The van der Waals surface area contributed by atoms with E-state index >= 15 is 0 Å². The molecule has 1 saturated heterocycles. The summed E-state index contributed by atoms with van der Waals surface area (Å²) in [7, 11) is 0. The van der Waals surface area contributed by atoms with Gasteiger partial charge >= 0.3 is 6.09 Å². The second kappa shape index (κ2) is 5.75. The molecule has 6 nitrogen and oxygen atoms in total. The number of nitrogens with one attached hydrogen (secondary N) is 1. The summed E-state index contributed by atoms with van der Waals surface area (Å²) in [5.74, 6) is 0. The van der Waals surface area contributed by atoms with Gasteiger partial charge in [0.05, 0.1) is 0 Å². The van der Waals surface area contributed by atoms with Crippen LogP contribution >= 0.6 is 0 Å². The van der Waals surface area contributed by atoms with E-state index in [2.05, 4.69) is 10.2 Å². The number of ether oxygens (including phenoxy) is 1. The molecule has 6 heteroatoms. The van der Waals surface area contributed by atoms with Crippen molar-refractivity contribution in [2.24, 2.45) is 5.73 Å². The number of hydrogen-bond acceptors (Lipinski definition) is 5. The van der Waals surface area contributed by atoms with Crippen molar-refractivity contribution in [3.8, 4) is 0 Å². The molecule has 20 heavy (non-hydrogen) atoms. The standard InChI is InChI=1S/C14H24N4O2/c1-14(2,3)20-13(19)18-9-7-17(8-10-18)12-11(15)5-4-6-16-12/h4-6,12,16H,7-10,15H2,1-3H3. The maximum absolute atomic E-state index is 12.0. The Balaban J connectivity index is 1.85. The summed E-state index contributed by atoms with van der Waals surface area (Å²) in [4.78, 5) is 16.0. The number of carbonyl (C=O) groups is 1. The first kappa shape index (κ1) is 14.7. The summed E-state index contributed by atoms with van der Waals surface area (Å²) in [5.41, 5.74) is 6.34. The number of amides is 1. The Morgan fingerprint density at radius 1 is 1.35 bits per heavy atom. The van der Waals surface area contributed by atoms with Gasteiger partial charge in [-0.3, -0.25) is 4.90 Å². The molecule has 2 rings (SSSR count). The van der Waals surface area contributed by atoms with Crippen LogP contribution in [0.25, 0.3) is 0 Å². The molecular weight excluding hydrogens is 256 g/mol. The van der Waals surface area contributed by atoms with Crippen molar-refractivity contribution in [3.05, 3.63) is 24.0 Å². The molecule has 0 aromatic carbocycles. The Kier molecular flexibility index (Phi) is 4.23. The van der Waals surface area contributed by atoms with Crippen molar-refractivity contribution >= 4 is 6.09 Å². The maximum Gasteiger partial charge on any atom is 0.410 e. The smallest absolute Gasteiger partial charge is 0.410 e. The lowest BCUT2D eigenvalue weighted by molar-refractivity contribution is 0.0109. The van der Waals surface area contributed by atoms with Crippen molar-refractivity contribution in [2.75, 3.05) is 26.2 Å². The van der Waals surface area contributed by atoms with Gasteiger partial charge < -0.3 is 20.7 Å². The number of dihydropyridines is 1. The van der Waals surface area contributed by atoms with Gasteiger partial charge in [-0.05, 0) is 39.1 Å². The van der Waals surface area contributed by atoms with E-state index in [4.69, 9.17) is 10.5 Å². The number of hydrogen-bond donors (Lipinski definition) is 2. The molecule has 1 fully saturated rings. The highest BCUT2D eigenvalue weighted by molar-refractivity contribution is 5.68. The number of carbonyl (C=O) groups excluding carboxylic acids is 1. The maximum atomic E-state index is 12.0. The van der Waals surface area contributed by atoms with E-state index in [1.807, 2.05) is 39.1 Å². The molecule has 3 N–H and O–H groups in total. The van der Waals surface area contributed by atoms with Gasteiger partial charge in [-0.2, -0.15) is 0 Å². The zero-order chi connectivity index (χ0) is 14.8. The fraction of sp³-hybridized carbons (Fsp3) is 0.643. The topological polar surface area (TPSA) is 70.8 Å². The SMILES string of the molecule is CC(C)(C)OC(=O)N1CCN(C2NC=CC=C2N)CC1. The van der Waals surface area contributed by atoms with E-state index in [-0.39, 0.29) is 12.3 Å². The Morgan fingerprint density at radius 3 is 2.55 bits per heavy atom. The Labute approximate surface area is 120 Å². The van der Waals surface area contributed by atoms with Crippen LogP contribution in [0.15, 0.2) is 24.0 Å². The van der Waals surface area contributed by atoms with Crippen LogP contribution in [0.2, 0.25) is 0 Å². The van der Waals surface area contributed by atoms with Crippen LogP contribution in [0, 0.1) is 0 Å². The van der Waals surface area contributed by atoms with Gasteiger partial charge in [0.15, 0.2) is 0 Å². The monoisotopic (exact) mass is 280 g/mol. The lowest BCUT2D eigenvalue weighted by atomic mass is 10.2. The molecule has 2 heterocycles. The van der Waals surface area contributed by atoms with E-state index in [1.54, 1.807) is 4.90 Å². The summed E-state index contributed by atoms with van der Waals surface area (Å²) >= 11 is 0. The van der Waals surface area contributed by atoms with E-state index in [0.29, 0.717) is 13.1 Å². The van der Waals surface area contributed by atoms with Gasteiger partial charge in [-0.15, -0.1) is 0 Å². The molecule has 0 saturated carbocycles. The predicted molar refractivity (Wildman–Crippen MR) is 77.7 cm³/mol. The highest BCUT2D eigenvalue weighted by atomic mass is 16.6. The average molecular weight is 280 g/mol. The normalized spacial score (nSPS) is 24.1. The average Bonchev–Trinajstić information content (AvgIpc) is 2.37. The summed E-state index contributed by atoms with van der Waals surface area (Å²) in [6.45, 7) is 8.51. The number of rotatable bonds is 1. The lowest BCUT2D eigenvalue weighted by Gasteiger charge is -2.40. The van der Waals surface area contributed by atoms with Crippen molar-refractivity contribution < 1.29 is 9.53 Å². The van der Waals surface area contributed by atoms with Crippen LogP contribution in [0.4, 0.5) is 4.79 Å². The number of allylic oxidation sites excluding steroid dienone is 2. The molecule has 1 unspecified atom stereocenters. The minimum atomic E-state index is -0.447. The molecule has 2 aliphatic rings. The highest BCUT2D eigenvalue weighted by Crippen LogP contribution is 2.14. The minimum Gasteiger partial charge on any atom is -0.444 e. The molecule has 0 spiro atoms. The predicted octanol–water partition coefficient (Wildman–Crippen LogP) is 0.825. The van der Waals surface area contributed by atoms with Crippen molar-refractivity contribution in [1.29, 1.82) is 0 Å². The van der Waals surface area contributed by atoms with Crippen molar-refractivity contribution in [2.45, 2.75) is 32.5 Å². The zero-order valence-electron chi connectivity index (χ0n) is 12.4. The van der Waals surface area contributed by atoms with E-state index in [9.17, 15) is 4.79 Å². The number of nitrogens with two attached hydrogens (primary N) is 1. The molecule has 0 bridgehead atoms. The Bertz CT molecular complexity index is 417. The molecule has 0 aliphatic carbocycles. The molecule has 0 aromatic heterocycles. The Morgan fingerprint density at radius 2 is 2.00 bits per heavy atom. The van der Waals surface area contributed by atoms with Crippen LogP contribution in [-0.2, 0) is 4.74 Å². The third kappa shape index (κ3) is 3.66. The van der Waals surface area contributed by atoms with Crippen LogP contribution in [-0.4, -0.2) is 53.8 Å². The summed E-state index contributed by atoms with van der Waals surface area (Å²) in [5, 5.41) is 3.24. The first-order valence-corrected chi connectivity index (χ1v) is 6.97. The summed E-state index contributed by atoms with van der Waals surface area (Å²) < 4.78 is 5.38. The van der Waals surface area contributed by atoms with Crippen LogP contribution in [0.1, 0.15) is 20.8 Å². The van der Waals surface area contributed by atoms with Gasteiger partial charge in [0.25, 0.3) is 0 Å². The fourth-order valence-electron chi connectivity index (χ4n) is 2.30. The van der Waals surface area contributed by atoms with Crippen LogP contribution < -0.4 is 11.1 Å². The first-order chi connectivity index (χ1) is 9.37. The van der Waals surface area contributed by atoms with Gasteiger partial charge in [0, 0.05) is 31.9 Å². The zero-order valence-corrected chi connectivity index (χ0v) is 12.4. The van der Waals surface area contributed by atoms with Gasteiger partial charge in [-0.1, -0.05) is 0 Å². The van der Waals surface area contributed by atoms with Gasteiger partial charge in [-0.25, -0.2) is 4.79 Å². The largest absolute Gasteiger partial charge is 0.444 e.